The number of hydrogen-bond donors (Lipinski definition) is 1. The van der Waals surface area contributed by atoms with E-state index in [0.717, 1.165) is 22.7 Å². The minimum atomic E-state index is 0.235. The summed E-state index contributed by atoms with van der Waals surface area (Å²) in [5.74, 6) is 1.42. The normalized spacial score (nSPS) is 12.7. The van der Waals surface area contributed by atoms with Crippen molar-refractivity contribution >= 4 is 22.6 Å². The van der Waals surface area contributed by atoms with Crippen molar-refractivity contribution in [3.05, 3.63) is 64.1 Å². The number of nitriles is 1. The molecular weight excluding hydrogens is 358 g/mol. The van der Waals surface area contributed by atoms with Gasteiger partial charge in [0.1, 0.15) is 16.6 Å². The second-order valence-corrected chi connectivity index (χ2v) is 7.08. The van der Waals surface area contributed by atoms with Gasteiger partial charge in [-0.25, -0.2) is 4.98 Å². The zero-order chi connectivity index (χ0) is 18.8. The number of hydrogen-bond acceptors (Lipinski definition) is 6. The van der Waals surface area contributed by atoms with Gasteiger partial charge in [-0.3, -0.25) is 0 Å². The fraction of sp³-hybridized carbons (Fsp3) is 0.143. The molecule has 0 radical (unpaired) electrons. The Morgan fingerprint density at radius 1 is 1.15 bits per heavy atom. The number of benzene rings is 2. The van der Waals surface area contributed by atoms with Crippen molar-refractivity contribution in [3.63, 3.8) is 0 Å². The van der Waals surface area contributed by atoms with Crippen LogP contribution in [0.15, 0.2) is 48.0 Å². The van der Waals surface area contributed by atoms with Crippen molar-refractivity contribution in [2.75, 3.05) is 12.1 Å². The lowest BCUT2D eigenvalue weighted by molar-refractivity contribution is 0.174. The summed E-state index contributed by atoms with van der Waals surface area (Å²) in [5, 5.41) is 15.3. The molecule has 0 saturated heterocycles. The van der Waals surface area contributed by atoms with Crippen LogP contribution in [0.1, 0.15) is 16.1 Å². The van der Waals surface area contributed by atoms with E-state index in [1.807, 2.05) is 23.6 Å². The lowest BCUT2D eigenvalue weighted by Crippen LogP contribution is -1.93. The largest absolute Gasteiger partial charge is 0.454 e. The molecular formula is C21H17N3O2S. The van der Waals surface area contributed by atoms with Gasteiger partial charge >= 0.3 is 0 Å². The van der Waals surface area contributed by atoms with Gasteiger partial charge in [-0.05, 0) is 43.2 Å². The molecule has 134 valence electrons. The lowest BCUT2D eigenvalue weighted by atomic mass is 10.1. The van der Waals surface area contributed by atoms with Crippen molar-refractivity contribution in [1.29, 1.82) is 5.26 Å². The summed E-state index contributed by atoms with van der Waals surface area (Å²) in [6.07, 6.45) is 1.67. The highest BCUT2D eigenvalue weighted by Crippen LogP contribution is 2.34. The number of nitrogens with one attached hydrogen (secondary N) is 1. The van der Waals surface area contributed by atoms with Gasteiger partial charge < -0.3 is 14.8 Å². The number of aryl methyl sites for hydroxylation is 2. The standard InChI is InChI=1S/C21H17N3O2S/c1-13-3-4-15(7-14(13)2)18-11-27-21(24-18)16(9-22)10-23-17-5-6-19-20(8-17)26-12-25-19/h3-8,10-11,23H,12H2,1-2H3. The second-order valence-electron chi connectivity index (χ2n) is 6.22. The van der Waals surface area contributed by atoms with Gasteiger partial charge in [-0.15, -0.1) is 11.3 Å². The Morgan fingerprint density at radius 2 is 2.00 bits per heavy atom. The van der Waals surface area contributed by atoms with E-state index in [1.165, 1.54) is 22.5 Å². The van der Waals surface area contributed by atoms with Crippen LogP contribution >= 0.6 is 11.3 Å². The summed E-state index contributed by atoms with van der Waals surface area (Å²) < 4.78 is 10.7. The number of thiazole rings is 1. The van der Waals surface area contributed by atoms with Crippen molar-refractivity contribution < 1.29 is 9.47 Å². The number of fused-ring (bicyclic) bond motifs is 1. The third-order valence-corrected chi connectivity index (χ3v) is 5.29. The van der Waals surface area contributed by atoms with Crippen LogP contribution in [0.5, 0.6) is 11.5 Å². The summed E-state index contributed by atoms with van der Waals surface area (Å²) >= 11 is 1.46. The molecule has 0 amide bonds. The van der Waals surface area contributed by atoms with Crippen LogP contribution in [0.4, 0.5) is 5.69 Å². The van der Waals surface area contributed by atoms with Gasteiger partial charge in [0.2, 0.25) is 6.79 Å². The zero-order valence-corrected chi connectivity index (χ0v) is 15.8. The Labute approximate surface area is 161 Å². The molecule has 2 aromatic carbocycles. The first-order chi connectivity index (χ1) is 13.1. The molecule has 1 aliphatic heterocycles. The van der Waals surface area contributed by atoms with E-state index in [-0.39, 0.29) is 6.79 Å². The molecule has 5 nitrogen and oxygen atoms in total. The SMILES string of the molecule is Cc1ccc(-c2csc(C(C#N)=CNc3ccc4c(c3)OCO4)n2)cc1C. The van der Waals surface area contributed by atoms with Gasteiger partial charge in [0.25, 0.3) is 0 Å². The van der Waals surface area contributed by atoms with Crippen LogP contribution in [0.2, 0.25) is 0 Å². The van der Waals surface area contributed by atoms with Crippen LogP contribution in [-0.4, -0.2) is 11.8 Å². The van der Waals surface area contributed by atoms with Gasteiger partial charge in [-0.1, -0.05) is 12.1 Å². The number of anilines is 1. The van der Waals surface area contributed by atoms with Crippen molar-refractivity contribution in [2.45, 2.75) is 13.8 Å². The van der Waals surface area contributed by atoms with Crippen molar-refractivity contribution in [1.82, 2.24) is 4.98 Å². The van der Waals surface area contributed by atoms with Crippen LogP contribution in [-0.2, 0) is 0 Å². The first kappa shape index (κ1) is 17.1. The maximum absolute atomic E-state index is 9.54. The van der Waals surface area contributed by atoms with Gasteiger partial charge in [0, 0.05) is 28.9 Å². The molecule has 0 unspecified atom stereocenters. The molecule has 1 aliphatic rings. The van der Waals surface area contributed by atoms with E-state index in [0.29, 0.717) is 16.3 Å². The predicted octanol–water partition coefficient (Wildman–Crippen LogP) is 5.13. The van der Waals surface area contributed by atoms with Crippen molar-refractivity contribution in [3.8, 4) is 28.8 Å². The molecule has 0 atom stereocenters. The van der Waals surface area contributed by atoms with Crippen LogP contribution in [0.25, 0.3) is 16.8 Å². The van der Waals surface area contributed by atoms with Crippen LogP contribution in [0.3, 0.4) is 0 Å². The zero-order valence-electron chi connectivity index (χ0n) is 14.9. The number of nitrogens with zero attached hydrogens (tertiary/aromatic N) is 2. The van der Waals surface area contributed by atoms with Gasteiger partial charge in [-0.2, -0.15) is 5.26 Å². The summed E-state index contributed by atoms with van der Waals surface area (Å²) in [5.41, 5.74) is 5.71. The summed E-state index contributed by atoms with van der Waals surface area (Å²) in [6.45, 7) is 4.41. The summed E-state index contributed by atoms with van der Waals surface area (Å²) in [4.78, 5) is 4.64. The Hall–Kier alpha value is -3.30. The number of rotatable bonds is 4. The number of allylic oxidation sites excluding steroid dienone is 1. The topological polar surface area (TPSA) is 67.2 Å². The Morgan fingerprint density at radius 3 is 2.81 bits per heavy atom. The van der Waals surface area contributed by atoms with Crippen molar-refractivity contribution in [2.24, 2.45) is 0 Å². The summed E-state index contributed by atoms with van der Waals surface area (Å²) in [7, 11) is 0. The molecule has 0 aliphatic carbocycles. The van der Waals surface area contributed by atoms with Gasteiger partial charge in [0.05, 0.1) is 5.69 Å². The van der Waals surface area contributed by atoms with E-state index in [4.69, 9.17) is 9.47 Å². The smallest absolute Gasteiger partial charge is 0.231 e. The maximum atomic E-state index is 9.54. The van der Waals surface area contributed by atoms with Crippen LogP contribution < -0.4 is 14.8 Å². The fourth-order valence-corrected chi connectivity index (χ4v) is 3.51. The average Bonchev–Trinajstić information content (AvgIpc) is 3.34. The molecule has 0 spiro atoms. The minimum absolute atomic E-state index is 0.235. The third-order valence-electron chi connectivity index (χ3n) is 4.41. The molecule has 3 aromatic rings. The fourth-order valence-electron chi connectivity index (χ4n) is 2.71. The van der Waals surface area contributed by atoms with Gasteiger partial charge in [0.15, 0.2) is 11.5 Å². The Bertz CT molecular complexity index is 1080. The molecule has 6 heteroatoms. The molecule has 0 saturated carbocycles. The first-order valence-electron chi connectivity index (χ1n) is 8.44. The van der Waals surface area contributed by atoms with E-state index < -0.39 is 0 Å². The Kier molecular flexibility index (Phi) is 4.53. The lowest BCUT2D eigenvalue weighted by Gasteiger charge is -2.03. The van der Waals surface area contributed by atoms with E-state index in [9.17, 15) is 5.26 Å². The number of aromatic nitrogens is 1. The second kappa shape index (κ2) is 7.14. The third kappa shape index (κ3) is 3.50. The minimum Gasteiger partial charge on any atom is -0.454 e. The highest BCUT2D eigenvalue weighted by atomic mass is 32.1. The molecule has 2 heterocycles. The van der Waals surface area contributed by atoms with E-state index in [1.54, 1.807) is 6.20 Å². The monoisotopic (exact) mass is 375 g/mol. The van der Waals surface area contributed by atoms with E-state index >= 15 is 0 Å². The molecule has 0 fully saturated rings. The van der Waals surface area contributed by atoms with Crippen LogP contribution in [0, 0.1) is 25.2 Å². The highest BCUT2D eigenvalue weighted by Gasteiger charge is 2.13. The predicted molar refractivity (Wildman–Crippen MR) is 107 cm³/mol. The molecule has 27 heavy (non-hydrogen) atoms. The molecule has 4 rings (SSSR count). The molecule has 0 bridgehead atoms. The number of ether oxygens (including phenoxy) is 2. The maximum Gasteiger partial charge on any atom is 0.231 e. The van der Waals surface area contributed by atoms with E-state index in [2.05, 4.69) is 48.4 Å². The molecule has 1 N–H and O–H groups in total. The average molecular weight is 375 g/mol. The quantitative estimate of drug-likeness (QED) is 0.640. The Balaban J connectivity index is 1.56. The highest BCUT2D eigenvalue weighted by molar-refractivity contribution is 7.11. The first-order valence-corrected chi connectivity index (χ1v) is 9.32. The summed E-state index contributed by atoms with van der Waals surface area (Å²) in [6, 6.07) is 14.0. The molecule has 1 aromatic heterocycles.